The van der Waals surface area contributed by atoms with Gasteiger partial charge in [0.25, 0.3) is 0 Å². The Labute approximate surface area is 155 Å². The summed E-state index contributed by atoms with van der Waals surface area (Å²) < 4.78 is 5.34. The molecule has 0 spiro atoms. The van der Waals surface area contributed by atoms with Crippen molar-refractivity contribution >= 4 is 11.6 Å². The summed E-state index contributed by atoms with van der Waals surface area (Å²) in [4.78, 5) is 37.1. The first-order chi connectivity index (χ1) is 13.1. The van der Waals surface area contributed by atoms with Gasteiger partial charge in [0.2, 0.25) is 6.54 Å². The van der Waals surface area contributed by atoms with E-state index in [4.69, 9.17) is 4.42 Å². The van der Waals surface area contributed by atoms with E-state index in [9.17, 15) is 19.7 Å². The third-order valence-corrected chi connectivity index (χ3v) is 4.34. The molecule has 3 rings (SSSR count). The lowest BCUT2D eigenvalue weighted by molar-refractivity contribution is -0.484. The fourth-order valence-corrected chi connectivity index (χ4v) is 3.07. The molecule has 3 aromatic rings. The Kier molecular flexibility index (Phi) is 5.56. The molecule has 0 saturated heterocycles. The minimum Gasteiger partial charge on any atom is -0.469 e. The molecule has 0 aliphatic carbocycles. The number of ketones is 2. The van der Waals surface area contributed by atoms with Crippen molar-refractivity contribution in [1.82, 2.24) is 0 Å². The molecule has 6 heteroatoms. The summed E-state index contributed by atoms with van der Waals surface area (Å²) in [5, 5.41) is 11.3. The lowest BCUT2D eigenvalue weighted by atomic mass is 9.79. The van der Waals surface area contributed by atoms with Crippen molar-refractivity contribution in [2.75, 3.05) is 6.54 Å². The third-order valence-electron chi connectivity index (χ3n) is 4.34. The molecule has 0 radical (unpaired) electrons. The molecule has 0 amide bonds. The summed E-state index contributed by atoms with van der Waals surface area (Å²) in [6.07, 6.45) is 1.37. The van der Waals surface area contributed by atoms with Gasteiger partial charge < -0.3 is 4.42 Å². The highest BCUT2D eigenvalue weighted by Gasteiger charge is 2.41. The zero-order valence-electron chi connectivity index (χ0n) is 14.4. The topological polar surface area (TPSA) is 90.4 Å². The summed E-state index contributed by atoms with van der Waals surface area (Å²) >= 11 is 0. The zero-order valence-corrected chi connectivity index (χ0v) is 14.4. The molecule has 136 valence electrons. The third kappa shape index (κ3) is 4.17. The molecular formula is C21H17NO5. The molecule has 2 aromatic carbocycles. The lowest BCUT2D eigenvalue weighted by Gasteiger charge is -2.21. The van der Waals surface area contributed by atoms with Crippen LogP contribution in [0.3, 0.4) is 0 Å². The minimum atomic E-state index is -1.26. The van der Waals surface area contributed by atoms with Crippen LogP contribution < -0.4 is 0 Å². The number of hydrogen-bond acceptors (Lipinski definition) is 5. The number of Topliss-reactive ketones (excluding diaryl/α,β-unsaturated/α-hetero) is 2. The molecule has 1 atom stereocenters. The van der Waals surface area contributed by atoms with E-state index in [2.05, 4.69) is 0 Å². The molecular weight excluding hydrogens is 346 g/mol. The van der Waals surface area contributed by atoms with Crippen LogP contribution in [0.1, 0.15) is 32.4 Å². The van der Waals surface area contributed by atoms with E-state index in [1.807, 2.05) is 0 Å². The molecule has 0 bridgehead atoms. The Bertz CT molecular complexity index is 868. The second-order valence-corrected chi connectivity index (χ2v) is 6.08. The maximum absolute atomic E-state index is 13.2. The van der Waals surface area contributed by atoms with Crippen LogP contribution in [-0.4, -0.2) is 23.0 Å². The fourth-order valence-electron chi connectivity index (χ4n) is 3.07. The average Bonchev–Trinajstić information content (AvgIpc) is 3.23. The molecule has 27 heavy (non-hydrogen) atoms. The lowest BCUT2D eigenvalue weighted by Crippen LogP contribution is -2.34. The monoisotopic (exact) mass is 363 g/mol. The van der Waals surface area contributed by atoms with Crippen molar-refractivity contribution in [3.63, 3.8) is 0 Å². The first-order valence-corrected chi connectivity index (χ1v) is 8.41. The molecule has 0 aliphatic rings. The zero-order chi connectivity index (χ0) is 19.2. The van der Waals surface area contributed by atoms with Gasteiger partial charge in [0.05, 0.1) is 12.2 Å². The Balaban J connectivity index is 2.09. The van der Waals surface area contributed by atoms with E-state index >= 15 is 0 Å². The normalized spacial score (nSPS) is 11.9. The highest BCUT2D eigenvalue weighted by atomic mass is 16.6. The molecule has 1 heterocycles. The second-order valence-electron chi connectivity index (χ2n) is 6.08. The fraction of sp³-hybridized carbons (Fsp3) is 0.143. The van der Waals surface area contributed by atoms with Crippen molar-refractivity contribution < 1.29 is 18.9 Å². The first kappa shape index (κ1) is 18.3. The largest absolute Gasteiger partial charge is 0.469 e. The maximum Gasteiger partial charge on any atom is 0.214 e. The Morgan fingerprint density at radius 1 is 0.852 bits per heavy atom. The van der Waals surface area contributed by atoms with Gasteiger partial charge in [-0.2, -0.15) is 0 Å². The molecule has 0 fully saturated rings. The van der Waals surface area contributed by atoms with Crippen molar-refractivity contribution in [2.45, 2.75) is 5.92 Å². The van der Waals surface area contributed by atoms with Gasteiger partial charge >= 0.3 is 0 Å². The quantitative estimate of drug-likeness (QED) is 0.261. The first-order valence-electron chi connectivity index (χ1n) is 8.41. The smallest absolute Gasteiger partial charge is 0.214 e. The SMILES string of the molecule is O=C(c1ccccc1)C(C(=O)c1ccccc1)C(C[N+](=O)[O-])c1ccco1. The molecule has 0 aliphatic heterocycles. The van der Waals surface area contributed by atoms with Crippen LogP contribution >= 0.6 is 0 Å². The van der Waals surface area contributed by atoms with E-state index in [1.165, 1.54) is 6.26 Å². The van der Waals surface area contributed by atoms with Gasteiger partial charge in [-0.1, -0.05) is 60.7 Å². The molecule has 6 nitrogen and oxygen atoms in total. The summed E-state index contributed by atoms with van der Waals surface area (Å²) in [7, 11) is 0. The van der Waals surface area contributed by atoms with Gasteiger partial charge in [0.15, 0.2) is 11.6 Å². The summed E-state index contributed by atoms with van der Waals surface area (Å²) in [5.74, 6) is -2.95. The highest BCUT2D eigenvalue weighted by molar-refractivity contribution is 6.16. The number of furan rings is 1. The molecule has 0 saturated carbocycles. The Morgan fingerprint density at radius 3 is 1.78 bits per heavy atom. The highest BCUT2D eigenvalue weighted by Crippen LogP contribution is 2.31. The van der Waals surface area contributed by atoms with Gasteiger partial charge in [0, 0.05) is 16.1 Å². The van der Waals surface area contributed by atoms with E-state index in [0.29, 0.717) is 11.1 Å². The van der Waals surface area contributed by atoms with E-state index < -0.39 is 34.9 Å². The maximum atomic E-state index is 13.2. The van der Waals surface area contributed by atoms with Crippen molar-refractivity contribution in [3.8, 4) is 0 Å². The van der Waals surface area contributed by atoms with Crippen LogP contribution in [0.2, 0.25) is 0 Å². The molecule has 1 unspecified atom stereocenters. The van der Waals surface area contributed by atoms with Crippen molar-refractivity contribution in [2.24, 2.45) is 5.92 Å². The molecule has 0 N–H and O–H groups in total. The van der Waals surface area contributed by atoms with Crippen LogP contribution in [0, 0.1) is 16.0 Å². The van der Waals surface area contributed by atoms with Crippen LogP contribution in [0.4, 0.5) is 0 Å². The van der Waals surface area contributed by atoms with Gasteiger partial charge in [0.1, 0.15) is 11.7 Å². The number of nitro groups is 1. The van der Waals surface area contributed by atoms with E-state index in [0.717, 1.165) is 0 Å². The summed E-state index contributed by atoms with van der Waals surface area (Å²) in [6, 6.07) is 19.8. The van der Waals surface area contributed by atoms with Crippen LogP contribution in [0.25, 0.3) is 0 Å². The van der Waals surface area contributed by atoms with Gasteiger partial charge in [-0.05, 0) is 12.1 Å². The van der Waals surface area contributed by atoms with E-state index in [1.54, 1.807) is 72.8 Å². The standard InChI is InChI=1S/C21H17NO5/c23-20(15-8-3-1-4-9-15)19(21(24)16-10-5-2-6-11-16)17(14-22(25)26)18-12-7-13-27-18/h1-13,17,19H,14H2. The predicted molar refractivity (Wildman–Crippen MR) is 98.3 cm³/mol. The van der Waals surface area contributed by atoms with Gasteiger partial charge in [-0.25, -0.2) is 0 Å². The summed E-state index contributed by atoms with van der Waals surface area (Å²) in [6.45, 7) is -0.588. The summed E-state index contributed by atoms with van der Waals surface area (Å²) in [5.41, 5.74) is 0.651. The minimum absolute atomic E-state index is 0.241. The van der Waals surface area contributed by atoms with Crippen molar-refractivity contribution in [1.29, 1.82) is 0 Å². The number of hydrogen-bond donors (Lipinski definition) is 0. The van der Waals surface area contributed by atoms with Crippen LogP contribution in [0.5, 0.6) is 0 Å². The van der Waals surface area contributed by atoms with Crippen LogP contribution in [-0.2, 0) is 0 Å². The van der Waals surface area contributed by atoms with Crippen LogP contribution in [0.15, 0.2) is 83.5 Å². The predicted octanol–water partition coefficient (Wildman–Crippen LogP) is 4.02. The number of benzene rings is 2. The number of carbonyl (C=O) groups is 2. The average molecular weight is 363 g/mol. The van der Waals surface area contributed by atoms with Crippen molar-refractivity contribution in [3.05, 3.63) is 106 Å². The number of carbonyl (C=O) groups excluding carboxylic acids is 2. The number of nitrogens with zero attached hydrogens (tertiary/aromatic N) is 1. The number of rotatable bonds is 8. The Morgan fingerprint density at radius 2 is 1.37 bits per heavy atom. The molecule has 1 aromatic heterocycles. The van der Waals surface area contributed by atoms with Gasteiger partial charge in [-0.3, -0.25) is 19.7 Å². The van der Waals surface area contributed by atoms with E-state index in [-0.39, 0.29) is 5.76 Å². The Hall–Kier alpha value is -3.54. The second kappa shape index (κ2) is 8.23. The van der Waals surface area contributed by atoms with Gasteiger partial charge in [-0.15, -0.1) is 0 Å².